The number of nitrogens with two attached hydrogens (primary N) is 1. The van der Waals surface area contributed by atoms with E-state index in [1.54, 1.807) is 12.4 Å². The summed E-state index contributed by atoms with van der Waals surface area (Å²) in [5, 5.41) is 12.5. The van der Waals surface area contributed by atoms with Gasteiger partial charge >= 0.3 is 0 Å². The van der Waals surface area contributed by atoms with Crippen molar-refractivity contribution < 1.29 is 5.11 Å². The fourth-order valence-corrected chi connectivity index (χ4v) is 4.03. The Balaban J connectivity index is 1.84. The summed E-state index contributed by atoms with van der Waals surface area (Å²) >= 11 is 1.50. The van der Waals surface area contributed by atoms with Crippen LogP contribution in [0.2, 0.25) is 0 Å². The molecule has 7 heteroatoms. The third-order valence-electron chi connectivity index (χ3n) is 4.53. The summed E-state index contributed by atoms with van der Waals surface area (Å²) in [6.07, 6.45) is 5.39. The lowest BCUT2D eigenvalue weighted by atomic mass is 10.0. The number of hydrogen-bond acceptors (Lipinski definition) is 6. The van der Waals surface area contributed by atoms with E-state index in [1.807, 2.05) is 46.3 Å². The van der Waals surface area contributed by atoms with Crippen molar-refractivity contribution >= 4 is 33.7 Å². The van der Waals surface area contributed by atoms with Crippen LogP contribution >= 0.6 is 11.3 Å². The van der Waals surface area contributed by atoms with Crippen LogP contribution in [0, 0.1) is 0 Å². The third-order valence-corrected chi connectivity index (χ3v) is 5.45. The molecule has 1 aromatic carbocycles. The first-order valence-electron chi connectivity index (χ1n) is 8.41. The molecule has 0 unspecified atom stereocenters. The van der Waals surface area contributed by atoms with E-state index < -0.39 is 0 Å². The molecule has 0 aliphatic carbocycles. The number of pyridine rings is 1. The number of imidazole rings is 1. The zero-order valence-electron chi connectivity index (χ0n) is 14.2. The SMILES string of the molecule is Nc1nc(-c2csc(CO)c2)c(-c2ccc3ncccc3c2)n2ccnc12. The summed E-state index contributed by atoms with van der Waals surface area (Å²) in [4.78, 5) is 14.3. The second-order valence-electron chi connectivity index (χ2n) is 6.19. The fourth-order valence-electron chi connectivity index (χ4n) is 3.30. The van der Waals surface area contributed by atoms with Crippen molar-refractivity contribution in [1.29, 1.82) is 0 Å². The summed E-state index contributed by atoms with van der Waals surface area (Å²) in [7, 11) is 0. The quantitative estimate of drug-likeness (QED) is 0.503. The number of nitrogen functional groups attached to an aromatic ring is 1. The van der Waals surface area contributed by atoms with E-state index >= 15 is 0 Å². The van der Waals surface area contributed by atoms with Gasteiger partial charge in [-0.1, -0.05) is 12.1 Å². The topological polar surface area (TPSA) is 89.3 Å². The van der Waals surface area contributed by atoms with E-state index in [9.17, 15) is 5.11 Å². The van der Waals surface area contributed by atoms with Gasteiger partial charge in [-0.05, 0) is 24.3 Å². The van der Waals surface area contributed by atoms with Crippen LogP contribution in [0.15, 0.2) is 60.4 Å². The van der Waals surface area contributed by atoms with E-state index in [4.69, 9.17) is 5.73 Å². The van der Waals surface area contributed by atoms with Crippen LogP contribution in [0.25, 0.3) is 39.1 Å². The Bertz CT molecular complexity index is 1290. The van der Waals surface area contributed by atoms with Gasteiger partial charge in [-0.3, -0.25) is 9.38 Å². The Kier molecular flexibility index (Phi) is 3.63. The molecule has 0 spiro atoms. The maximum atomic E-state index is 9.44. The standard InChI is InChI=1S/C20H15N5OS/c21-19-20-23-6-7-25(20)18(17(24-19)14-9-15(10-26)27-11-14)13-3-4-16-12(8-13)2-1-5-22-16/h1-9,11,26H,10H2,(H2,21,24). The van der Waals surface area contributed by atoms with E-state index in [1.165, 1.54) is 11.3 Å². The Labute approximate surface area is 158 Å². The minimum atomic E-state index is 0.00441. The highest BCUT2D eigenvalue weighted by atomic mass is 32.1. The predicted octanol–water partition coefficient (Wildman–Crippen LogP) is 3.75. The van der Waals surface area contributed by atoms with E-state index in [0.29, 0.717) is 11.5 Å². The number of aliphatic hydroxyl groups is 1. The van der Waals surface area contributed by atoms with Gasteiger partial charge in [0.25, 0.3) is 0 Å². The normalized spacial score (nSPS) is 11.4. The molecule has 0 bridgehead atoms. The largest absolute Gasteiger partial charge is 0.391 e. The first-order valence-corrected chi connectivity index (χ1v) is 9.29. The van der Waals surface area contributed by atoms with Gasteiger partial charge in [-0.2, -0.15) is 0 Å². The molecule has 5 aromatic rings. The number of thiophene rings is 1. The molecule has 3 N–H and O–H groups in total. The average molecular weight is 373 g/mol. The number of aliphatic hydroxyl groups excluding tert-OH is 1. The van der Waals surface area contributed by atoms with E-state index in [0.717, 1.165) is 38.3 Å². The van der Waals surface area contributed by atoms with Gasteiger partial charge in [-0.15, -0.1) is 11.3 Å². The molecule has 0 aliphatic rings. The number of rotatable bonds is 3. The smallest absolute Gasteiger partial charge is 0.180 e. The third kappa shape index (κ3) is 2.56. The van der Waals surface area contributed by atoms with E-state index in [2.05, 4.69) is 21.0 Å². The van der Waals surface area contributed by atoms with E-state index in [-0.39, 0.29) is 6.61 Å². The first kappa shape index (κ1) is 15.9. The van der Waals surface area contributed by atoms with Crippen LogP contribution < -0.4 is 5.73 Å². The molecule has 27 heavy (non-hydrogen) atoms. The zero-order valence-corrected chi connectivity index (χ0v) is 15.0. The Morgan fingerprint density at radius 1 is 1.07 bits per heavy atom. The maximum absolute atomic E-state index is 9.44. The molecule has 0 saturated heterocycles. The summed E-state index contributed by atoms with van der Waals surface area (Å²) in [6.45, 7) is 0.00441. The summed E-state index contributed by atoms with van der Waals surface area (Å²) < 4.78 is 1.96. The van der Waals surface area contributed by atoms with Gasteiger partial charge in [0.15, 0.2) is 11.5 Å². The number of benzene rings is 1. The van der Waals surface area contributed by atoms with Gasteiger partial charge in [0.2, 0.25) is 0 Å². The molecule has 0 amide bonds. The minimum Gasteiger partial charge on any atom is -0.391 e. The molecule has 0 radical (unpaired) electrons. The molecule has 5 rings (SSSR count). The Morgan fingerprint density at radius 2 is 2.00 bits per heavy atom. The number of nitrogens with zero attached hydrogens (tertiary/aromatic N) is 4. The van der Waals surface area contributed by atoms with Crippen LogP contribution in [0.1, 0.15) is 4.88 Å². The summed E-state index contributed by atoms with van der Waals surface area (Å²) in [6, 6.07) is 12.0. The number of fused-ring (bicyclic) bond motifs is 2. The number of hydrogen-bond donors (Lipinski definition) is 2. The van der Waals surface area contributed by atoms with Crippen molar-refractivity contribution in [2.24, 2.45) is 0 Å². The van der Waals surface area contributed by atoms with Crippen molar-refractivity contribution in [2.75, 3.05) is 5.73 Å². The number of anilines is 1. The molecular weight excluding hydrogens is 358 g/mol. The van der Waals surface area contributed by atoms with Crippen molar-refractivity contribution in [2.45, 2.75) is 6.61 Å². The van der Waals surface area contributed by atoms with Crippen molar-refractivity contribution in [3.05, 3.63) is 65.2 Å². The lowest BCUT2D eigenvalue weighted by molar-refractivity contribution is 0.285. The Morgan fingerprint density at radius 3 is 2.85 bits per heavy atom. The summed E-state index contributed by atoms with van der Waals surface area (Å²) in [5.74, 6) is 0.373. The predicted molar refractivity (Wildman–Crippen MR) is 107 cm³/mol. The van der Waals surface area contributed by atoms with Crippen LogP contribution in [-0.4, -0.2) is 24.5 Å². The average Bonchev–Trinajstić information content (AvgIpc) is 3.37. The maximum Gasteiger partial charge on any atom is 0.180 e. The van der Waals surface area contributed by atoms with Gasteiger partial charge in [-0.25, -0.2) is 9.97 Å². The molecule has 0 fully saturated rings. The molecule has 0 saturated carbocycles. The molecule has 4 aromatic heterocycles. The highest BCUT2D eigenvalue weighted by Gasteiger charge is 2.18. The highest BCUT2D eigenvalue weighted by molar-refractivity contribution is 7.10. The second kappa shape index (κ2) is 6.15. The molecule has 0 atom stereocenters. The molecule has 132 valence electrons. The first-order chi connectivity index (χ1) is 13.2. The van der Waals surface area contributed by atoms with Crippen LogP contribution in [0.4, 0.5) is 5.82 Å². The van der Waals surface area contributed by atoms with Gasteiger partial charge in [0, 0.05) is 45.4 Å². The number of aromatic nitrogens is 4. The van der Waals surface area contributed by atoms with Crippen LogP contribution in [0.3, 0.4) is 0 Å². The highest BCUT2D eigenvalue weighted by Crippen LogP contribution is 2.36. The van der Waals surface area contributed by atoms with Gasteiger partial charge in [0.05, 0.1) is 23.5 Å². The fraction of sp³-hybridized carbons (Fsp3) is 0.0500. The van der Waals surface area contributed by atoms with Gasteiger partial charge < -0.3 is 10.8 Å². The van der Waals surface area contributed by atoms with Crippen molar-refractivity contribution in [3.63, 3.8) is 0 Å². The Hall–Kier alpha value is -3.29. The monoisotopic (exact) mass is 373 g/mol. The molecular formula is C20H15N5OS. The summed E-state index contributed by atoms with van der Waals surface area (Å²) in [5.41, 5.74) is 11.3. The van der Waals surface area contributed by atoms with Crippen molar-refractivity contribution in [3.8, 4) is 22.5 Å². The zero-order chi connectivity index (χ0) is 18.4. The van der Waals surface area contributed by atoms with Crippen LogP contribution in [0.5, 0.6) is 0 Å². The molecule has 6 nitrogen and oxygen atoms in total. The molecule has 4 heterocycles. The lowest BCUT2D eigenvalue weighted by Gasteiger charge is -2.13. The van der Waals surface area contributed by atoms with Gasteiger partial charge in [0.1, 0.15) is 0 Å². The lowest BCUT2D eigenvalue weighted by Crippen LogP contribution is -2.03. The minimum absolute atomic E-state index is 0.00441. The van der Waals surface area contributed by atoms with Crippen molar-refractivity contribution in [1.82, 2.24) is 19.4 Å². The van der Waals surface area contributed by atoms with Crippen LogP contribution in [-0.2, 0) is 6.61 Å². The second-order valence-corrected chi connectivity index (χ2v) is 7.18. The molecule has 0 aliphatic heterocycles.